The molecule has 1 aliphatic heterocycles. The second-order valence-electron chi connectivity index (χ2n) is 5.93. The Balaban J connectivity index is 2.45. The van der Waals surface area contributed by atoms with E-state index in [4.69, 9.17) is 15.2 Å². The van der Waals surface area contributed by atoms with Gasteiger partial charge >= 0.3 is 5.97 Å². The zero-order valence-electron chi connectivity index (χ0n) is 11.6. The van der Waals surface area contributed by atoms with Crippen LogP contribution in [-0.2, 0) is 14.3 Å². The lowest BCUT2D eigenvalue weighted by atomic mass is 9.96. The molecule has 0 aliphatic carbocycles. The van der Waals surface area contributed by atoms with Gasteiger partial charge in [-0.2, -0.15) is 0 Å². The number of rotatable bonds is 4. The summed E-state index contributed by atoms with van der Waals surface area (Å²) in [6.45, 7) is 9.28. The van der Waals surface area contributed by atoms with Crippen molar-refractivity contribution < 1.29 is 14.3 Å². The monoisotopic (exact) mass is 255 g/mol. The number of ether oxygens (including phenoxy) is 2. The molecule has 0 bridgehead atoms. The van der Waals surface area contributed by atoms with Crippen LogP contribution in [0.2, 0.25) is 0 Å². The van der Waals surface area contributed by atoms with E-state index >= 15 is 0 Å². The number of hydrogen-bond acceptors (Lipinski definition) is 4. The van der Waals surface area contributed by atoms with Crippen LogP contribution < -0.4 is 5.73 Å². The summed E-state index contributed by atoms with van der Waals surface area (Å²) in [6.07, 6.45) is 4.38. The number of esters is 1. The average Bonchev–Trinajstić information content (AvgIpc) is 2.12. The van der Waals surface area contributed by atoms with Gasteiger partial charge in [0.1, 0.15) is 5.60 Å². The van der Waals surface area contributed by atoms with E-state index in [-0.39, 0.29) is 30.6 Å². The van der Waals surface area contributed by atoms with Crippen LogP contribution in [0.25, 0.3) is 0 Å². The fraction of sp³-hybridized carbons (Fsp3) is 0.786. The Labute approximate surface area is 110 Å². The van der Waals surface area contributed by atoms with E-state index in [0.717, 1.165) is 12.8 Å². The van der Waals surface area contributed by atoms with Crippen LogP contribution in [0.4, 0.5) is 0 Å². The summed E-state index contributed by atoms with van der Waals surface area (Å²) >= 11 is 0. The van der Waals surface area contributed by atoms with Crippen LogP contribution in [0.5, 0.6) is 0 Å². The normalized spacial score (nSPS) is 28.8. The predicted octanol–water partition coefficient (Wildman–Crippen LogP) is 2.17. The number of hydrogen-bond donors (Lipinski definition) is 1. The zero-order valence-corrected chi connectivity index (χ0v) is 11.6. The van der Waals surface area contributed by atoms with E-state index in [1.54, 1.807) is 0 Å². The second-order valence-corrected chi connectivity index (χ2v) is 5.93. The summed E-state index contributed by atoms with van der Waals surface area (Å²) < 4.78 is 11.1. The summed E-state index contributed by atoms with van der Waals surface area (Å²) in [5, 5.41) is 0. The summed E-state index contributed by atoms with van der Waals surface area (Å²) in [4.78, 5) is 11.7. The van der Waals surface area contributed by atoms with Gasteiger partial charge in [0, 0.05) is 6.04 Å². The van der Waals surface area contributed by atoms with Gasteiger partial charge < -0.3 is 15.2 Å². The van der Waals surface area contributed by atoms with Crippen LogP contribution in [0.1, 0.15) is 46.5 Å². The molecule has 0 saturated carbocycles. The van der Waals surface area contributed by atoms with Crippen molar-refractivity contribution in [2.45, 2.75) is 70.3 Å². The van der Waals surface area contributed by atoms with Gasteiger partial charge in [-0.05, 0) is 40.0 Å². The van der Waals surface area contributed by atoms with Crippen LogP contribution in [0.15, 0.2) is 12.7 Å². The molecule has 0 spiro atoms. The van der Waals surface area contributed by atoms with Crippen molar-refractivity contribution in [3.05, 3.63) is 12.7 Å². The lowest BCUT2D eigenvalue weighted by Crippen LogP contribution is -2.41. The maximum absolute atomic E-state index is 11.7. The zero-order chi connectivity index (χ0) is 13.8. The largest absolute Gasteiger partial charge is 0.460 e. The fourth-order valence-corrected chi connectivity index (χ4v) is 2.19. The van der Waals surface area contributed by atoms with E-state index < -0.39 is 5.60 Å². The molecule has 0 aromatic rings. The van der Waals surface area contributed by atoms with E-state index in [2.05, 4.69) is 6.58 Å². The topological polar surface area (TPSA) is 61.6 Å². The highest BCUT2D eigenvalue weighted by Crippen LogP contribution is 2.23. The second kappa shape index (κ2) is 6.34. The maximum atomic E-state index is 11.7. The number of nitrogens with two attached hydrogens (primary N) is 1. The summed E-state index contributed by atoms with van der Waals surface area (Å²) in [5.41, 5.74) is 5.53. The molecule has 1 saturated heterocycles. The first-order valence-corrected chi connectivity index (χ1v) is 6.54. The Kier molecular flexibility index (Phi) is 5.35. The smallest absolute Gasteiger partial charge is 0.308 e. The van der Waals surface area contributed by atoms with Crippen molar-refractivity contribution in [1.29, 1.82) is 0 Å². The molecule has 0 radical (unpaired) electrons. The molecule has 104 valence electrons. The third-order valence-corrected chi connectivity index (χ3v) is 2.76. The minimum absolute atomic E-state index is 0.0821. The molecule has 0 amide bonds. The molecular weight excluding hydrogens is 230 g/mol. The van der Waals surface area contributed by atoms with Crippen molar-refractivity contribution >= 4 is 5.97 Å². The molecular formula is C14H25NO3. The molecule has 0 aromatic heterocycles. The van der Waals surface area contributed by atoms with Gasteiger partial charge in [-0.3, -0.25) is 4.79 Å². The SMILES string of the molecule is C=CC[C@H]1C[C@H](N)C[C@@H](CC(=O)OC(C)(C)C)O1. The Bertz CT molecular complexity index is 296. The van der Waals surface area contributed by atoms with Crippen molar-refractivity contribution in [2.75, 3.05) is 0 Å². The number of carbonyl (C=O) groups is 1. The Morgan fingerprint density at radius 2 is 2.06 bits per heavy atom. The first-order chi connectivity index (χ1) is 8.30. The standard InChI is InChI=1S/C14H25NO3/c1-5-6-11-7-10(15)8-12(17-11)9-13(16)18-14(2,3)4/h5,10-12H,1,6-9,15H2,2-4H3/t10-,11-,12-/m0/s1. The van der Waals surface area contributed by atoms with Gasteiger partial charge in [0.25, 0.3) is 0 Å². The highest BCUT2D eigenvalue weighted by atomic mass is 16.6. The summed E-state index contributed by atoms with van der Waals surface area (Å²) in [6, 6.07) is 0.0936. The van der Waals surface area contributed by atoms with Crippen molar-refractivity contribution in [1.82, 2.24) is 0 Å². The van der Waals surface area contributed by atoms with Gasteiger partial charge in [0.15, 0.2) is 0 Å². The molecule has 0 unspecified atom stereocenters. The molecule has 1 aliphatic rings. The van der Waals surface area contributed by atoms with Crippen LogP contribution >= 0.6 is 0 Å². The van der Waals surface area contributed by atoms with Crippen LogP contribution in [0.3, 0.4) is 0 Å². The lowest BCUT2D eigenvalue weighted by molar-refractivity contribution is -0.160. The van der Waals surface area contributed by atoms with E-state index in [9.17, 15) is 4.79 Å². The fourth-order valence-electron chi connectivity index (χ4n) is 2.19. The third kappa shape index (κ3) is 5.65. The minimum Gasteiger partial charge on any atom is -0.460 e. The predicted molar refractivity (Wildman–Crippen MR) is 71.1 cm³/mol. The molecule has 1 fully saturated rings. The van der Waals surface area contributed by atoms with Crippen LogP contribution in [0, 0.1) is 0 Å². The average molecular weight is 255 g/mol. The summed E-state index contributed by atoms with van der Waals surface area (Å²) in [5.74, 6) is -0.223. The van der Waals surface area contributed by atoms with E-state index in [1.165, 1.54) is 0 Å². The Morgan fingerprint density at radius 3 is 2.61 bits per heavy atom. The number of carbonyl (C=O) groups excluding carboxylic acids is 1. The highest BCUT2D eigenvalue weighted by Gasteiger charge is 2.29. The molecule has 18 heavy (non-hydrogen) atoms. The molecule has 2 N–H and O–H groups in total. The van der Waals surface area contributed by atoms with Crippen molar-refractivity contribution in [3.63, 3.8) is 0 Å². The summed E-state index contributed by atoms with van der Waals surface area (Å²) in [7, 11) is 0. The maximum Gasteiger partial charge on any atom is 0.308 e. The van der Waals surface area contributed by atoms with Gasteiger partial charge in [-0.15, -0.1) is 6.58 Å². The lowest BCUT2D eigenvalue weighted by Gasteiger charge is -2.33. The van der Waals surface area contributed by atoms with Crippen molar-refractivity contribution in [2.24, 2.45) is 5.73 Å². The van der Waals surface area contributed by atoms with Crippen LogP contribution in [-0.4, -0.2) is 29.8 Å². The molecule has 1 rings (SSSR count). The van der Waals surface area contributed by atoms with Gasteiger partial charge in [0.05, 0.1) is 18.6 Å². The third-order valence-electron chi connectivity index (χ3n) is 2.76. The Morgan fingerprint density at radius 1 is 1.44 bits per heavy atom. The first kappa shape index (κ1) is 15.2. The van der Waals surface area contributed by atoms with Gasteiger partial charge in [-0.1, -0.05) is 6.08 Å². The highest BCUT2D eigenvalue weighted by molar-refractivity contribution is 5.70. The first-order valence-electron chi connectivity index (χ1n) is 6.54. The van der Waals surface area contributed by atoms with E-state index in [1.807, 2.05) is 26.8 Å². The molecule has 4 nitrogen and oxygen atoms in total. The minimum atomic E-state index is -0.450. The quantitative estimate of drug-likeness (QED) is 0.618. The molecule has 1 heterocycles. The Hall–Kier alpha value is -0.870. The van der Waals surface area contributed by atoms with Gasteiger partial charge in [0.2, 0.25) is 0 Å². The molecule has 0 aromatic carbocycles. The molecule has 4 heteroatoms. The van der Waals surface area contributed by atoms with Crippen molar-refractivity contribution in [3.8, 4) is 0 Å². The van der Waals surface area contributed by atoms with E-state index in [0.29, 0.717) is 6.42 Å². The van der Waals surface area contributed by atoms with Gasteiger partial charge in [-0.25, -0.2) is 0 Å². The molecule has 3 atom stereocenters.